The summed E-state index contributed by atoms with van der Waals surface area (Å²) in [5.41, 5.74) is 0.349. The van der Waals surface area contributed by atoms with Crippen LogP contribution in [0.5, 0.6) is 0 Å². The van der Waals surface area contributed by atoms with E-state index in [1.54, 1.807) is 41.3 Å². The lowest BCUT2D eigenvalue weighted by atomic mass is 10.1. The standard InChI is InChI=1S/C19H18FNO4/c20-16-9-5-4-8-15(16)19(23)25-17(14-6-2-1-3-7-14)18(22)21-10-12-24-13-11-21/h1-9,17H,10-13H2. The lowest BCUT2D eigenvalue weighted by Crippen LogP contribution is -2.44. The third-order valence-electron chi connectivity index (χ3n) is 3.97. The minimum absolute atomic E-state index is 0.196. The van der Waals surface area contributed by atoms with Gasteiger partial charge in [-0.15, -0.1) is 0 Å². The average molecular weight is 343 g/mol. The van der Waals surface area contributed by atoms with Crippen molar-refractivity contribution in [3.63, 3.8) is 0 Å². The first-order valence-corrected chi connectivity index (χ1v) is 8.04. The summed E-state index contributed by atoms with van der Waals surface area (Å²) in [6.45, 7) is 1.74. The van der Waals surface area contributed by atoms with Gasteiger partial charge in [0.15, 0.2) is 0 Å². The third kappa shape index (κ3) is 4.03. The Labute approximate surface area is 145 Å². The minimum Gasteiger partial charge on any atom is -0.444 e. The Bertz CT molecular complexity index is 744. The van der Waals surface area contributed by atoms with Crippen molar-refractivity contribution >= 4 is 11.9 Å². The molecule has 0 radical (unpaired) electrons. The Morgan fingerprint density at radius 3 is 2.32 bits per heavy atom. The van der Waals surface area contributed by atoms with E-state index >= 15 is 0 Å². The molecule has 1 saturated heterocycles. The Morgan fingerprint density at radius 2 is 1.64 bits per heavy atom. The van der Waals surface area contributed by atoms with E-state index in [-0.39, 0.29) is 11.5 Å². The Morgan fingerprint density at radius 1 is 1.00 bits per heavy atom. The topological polar surface area (TPSA) is 55.8 Å². The molecule has 2 aromatic rings. The van der Waals surface area contributed by atoms with E-state index < -0.39 is 17.9 Å². The zero-order chi connectivity index (χ0) is 17.6. The van der Waals surface area contributed by atoms with E-state index in [4.69, 9.17) is 9.47 Å². The molecule has 25 heavy (non-hydrogen) atoms. The van der Waals surface area contributed by atoms with Gasteiger partial charge >= 0.3 is 5.97 Å². The zero-order valence-electron chi connectivity index (χ0n) is 13.6. The number of carbonyl (C=O) groups excluding carboxylic acids is 2. The molecule has 1 heterocycles. The molecule has 1 aliphatic heterocycles. The van der Waals surface area contributed by atoms with Crippen LogP contribution in [0.25, 0.3) is 0 Å². The maximum atomic E-state index is 13.8. The highest BCUT2D eigenvalue weighted by molar-refractivity contribution is 5.93. The van der Waals surface area contributed by atoms with Crippen molar-refractivity contribution in [2.45, 2.75) is 6.10 Å². The van der Waals surface area contributed by atoms with Gasteiger partial charge in [0.25, 0.3) is 5.91 Å². The van der Waals surface area contributed by atoms with Gasteiger partial charge in [-0.25, -0.2) is 9.18 Å². The lowest BCUT2D eigenvalue weighted by Gasteiger charge is -2.30. The molecular weight excluding hydrogens is 325 g/mol. The quantitative estimate of drug-likeness (QED) is 0.801. The number of morpholine rings is 1. The van der Waals surface area contributed by atoms with Gasteiger partial charge in [0, 0.05) is 18.7 Å². The lowest BCUT2D eigenvalue weighted by molar-refractivity contribution is -0.145. The van der Waals surface area contributed by atoms with Crippen LogP contribution in [0.2, 0.25) is 0 Å². The molecule has 6 heteroatoms. The van der Waals surface area contributed by atoms with Gasteiger partial charge < -0.3 is 14.4 Å². The van der Waals surface area contributed by atoms with Gasteiger partial charge in [0.05, 0.1) is 18.8 Å². The highest BCUT2D eigenvalue weighted by atomic mass is 19.1. The van der Waals surface area contributed by atoms with Crippen molar-refractivity contribution in [1.29, 1.82) is 0 Å². The van der Waals surface area contributed by atoms with Crippen molar-refractivity contribution in [1.82, 2.24) is 4.90 Å². The first-order chi connectivity index (χ1) is 12.2. The van der Waals surface area contributed by atoms with Crippen LogP contribution in [0, 0.1) is 5.82 Å². The third-order valence-corrected chi connectivity index (χ3v) is 3.97. The van der Waals surface area contributed by atoms with Crippen LogP contribution < -0.4 is 0 Å². The molecular formula is C19H18FNO4. The fourth-order valence-corrected chi connectivity index (χ4v) is 2.64. The van der Waals surface area contributed by atoms with Crippen LogP contribution in [0.15, 0.2) is 54.6 Å². The summed E-state index contributed by atoms with van der Waals surface area (Å²) < 4.78 is 24.5. The number of rotatable bonds is 4. The molecule has 130 valence electrons. The highest BCUT2D eigenvalue weighted by Gasteiger charge is 2.31. The Hall–Kier alpha value is -2.73. The van der Waals surface area contributed by atoms with Crippen molar-refractivity contribution < 1.29 is 23.5 Å². The van der Waals surface area contributed by atoms with Crippen LogP contribution >= 0.6 is 0 Å². The summed E-state index contributed by atoms with van der Waals surface area (Å²) in [6.07, 6.45) is -1.12. The SMILES string of the molecule is O=C(OC(C(=O)N1CCOCC1)c1ccccc1)c1ccccc1F. The van der Waals surface area contributed by atoms with E-state index in [9.17, 15) is 14.0 Å². The van der Waals surface area contributed by atoms with Gasteiger partial charge in [-0.3, -0.25) is 4.79 Å². The first kappa shape index (κ1) is 17.1. The maximum absolute atomic E-state index is 13.8. The van der Waals surface area contributed by atoms with Gasteiger partial charge in [-0.05, 0) is 12.1 Å². The van der Waals surface area contributed by atoms with Gasteiger partial charge in [-0.1, -0.05) is 42.5 Å². The van der Waals surface area contributed by atoms with Crippen molar-refractivity contribution in [2.24, 2.45) is 0 Å². The number of halogens is 1. The number of esters is 1. The molecule has 1 amide bonds. The molecule has 0 saturated carbocycles. The molecule has 1 aliphatic rings. The average Bonchev–Trinajstić information content (AvgIpc) is 2.67. The molecule has 1 unspecified atom stereocenters. The van der Waals surface area contributed by atoms with Crippen molar-refractivity contribution in [3.05, 3.63) is 71.5 Å². The van der Waals surface area contributed by atoms with Crippen LogP contribution in [0.4, 0.5) is 4.39 Å². The smallest absolute Gasteiger partial charge is 0.342 e. The molecule has 5 nitrogen and oxygen atoms in total. The summed E-state index contributed by atoms with van der Waals surface area (Å²) in [7, 11) is 0. The zero-order valence-corrected chi connectivity index (χ0v) is 13.6. The molecule has 0 spiro atoms. The monoisotopic (exact) mass is 343 g/mol. The van der Waals surface area contributed by atoms with Crippen molar-refractivity contribution in [2.75, 3.05) is 26.3 Å². The number of benzene rings is 2. The molecule has 0 aromatic heterocycles. The number of amides is 1. The summed E-state index contributed by atoms with van der Waals surface area (Å²) in [6, 6.07) is 14.3. The van der Waals surface area contributed by atoms with Crippen LogP contribution in [-0.2, 0) is 14.3 Å². The summed E-state index contributed by atoms with van der Waals surface area (Å²) in [5, 5.41) is 0. The number of hydrogen-bond acceptors (Lipinski definition) is 4. The number of ether oxygens (including phenoxy) is 2. The van der Waals surface area contributed by atoms with Gasteiger partial charge in [0.2, 0.25) is 6.10 Å². The van der Waals surface area contributed by atoms with Crippen LogP contribution in [-0.4, -0.2) is 43.1 Å². The molecule has 0 aliphatic carbocycles. The summed E-state index contributed by atoms with van der Waals surface area (Å²) in [4.78, 5) is 26.8. The second-order valence-corrected chi connectivity index (χ2v) is 5.61. The van der Waals surface area contributed by atoms with Gasteiger partial charge in [0.1, 0.15) is 5.82 Å². The second-order valence-electron chi connectivity index (χ2n) is 5.61. The molecule has 0 N–H and O–H groups in total. The predicted octanol–water partition coefficient (Wildman–Crippen LogP) is 2.58. The fourth-order valence-electron chi connectivity index (χ4n) is 2.64. The molecule has 3 rings (SSSR count). The normalized spacial score (nSPS) is 15.5. The molecule has 1 atom stereocenters. The van der Waals surface area contributed by atoms with E-state index in [1.165, 1.54) is 18.2 Å². The fraction of sp³-hybridized carbons (Fsp3) is 0.263. The largest absolute Gasteiger partial charge is 0.444 e. The van der Waals surface area contributed by atoms with Crippen molar-refractivity contribution in [3.8, 4) is 0 Å². The van der Waals surface area contributed by atoms with Crippen LogP contribution in [0.1, 0.15) is 22.0 Å². The Kier molecular flexibility index (Phi) is 5.40. The van der Waals surface area contributed by atoms with Crippen LogP contribution in [0.3, 0.4) is 0 Å². The second kappa shape index (κ2) is 7.90. The Balaban J connectivity index is 1.85. The molecule has 1 fully saturated rings. The predicted molar refractivity (Wildman–Crippen MR) is 88.4 cm³/mol. The van der Waals surface area contributed by atoms with E-state index in [0.29, 0.717) is 31.9 Å². The van der Waals surface area contributed by atoms with E-state index in [2.05, 4.69) is 0 Å². The summed E-state index contributed by atoms with van der Waals surface area (Å²) in [5.74, 6) is -1.88. The first-order valence-electron chi connectivity index (χ1n) is 8.04. The number of nitrogens with zero attached hydrogens (tertiary/aromatic N) is 1. The number of carbonyl (C=O) groups is 2. The molecule has 0 bridgehead atoms. The minimum atomic E-state index is -1.12. The molecule has 2 aromatic carbocycles. The van der Waals surface area contributed by atoms with E-state index in [1.807, 2.05) is 0 Å². The number of hydrogen-bond donors (Lipinski definition) is 0. The van der Waals surface area contributed by atoms with Gasteiger partial charge in [-0.2, -0.15) is 0 Å². The highest BCUT2D eigenvalue weighted by Crippen LogP contribution is 2.23. The maximum Gasteiger partial charge on any atom is 0.342 e. The van der Waals surface area contributed by atoms with E-state index in [0.717, 1.165) is 0 Å². The summed E-state index contributed by atoms with van der Waals surface area (Å²) >= 11 is 0.